The van der Waals surface area contributed by atoms with Crippen LogP contribution in [-0.2, 0) is 9.59 Å². The first kappa shape index (κ1) is 25.2. The van der Waals surface area contributed by atoms with Crippen molar-refractivity contribution >= 4 is 17.4 Å². The van der Waals surface area contributed by atoms with Crippen LogP contribution in [-0.4, -0.2) is 33.5 Å². The summed E-state index contributed by atoms with van der Waals surface area (Å²) in [7, 11) is 0. The molecule has 186 valence electrons. The average molecular weight is 484 g/mol. The van der Waals surface area contributed by atoms with Crippen molar-refractivity contribution in [3.05, 3.63) is 101 Å². The molecule has 1 heterocycles. The summed E-state index contributed by atoms with van der Waals surface area (Å²) >= 11 is 0. The molecule has 4 rings (SSSR count). The van der Waals surface area contributed by atoms with Crippen molar-refractivity contribution in [1.82, 2.24) is 4.90 Å². The van der Waals surface area contributed by atoms with E-state index >= 15 is 0 Å². The van der Waals surface area contributed by atoms with Crippen LogP contribution < -0.4 is 0 Å². The lowest BCUT2D eigenvalue weighted by Gasteiger charge is -2.23. The summed E-state index contributed by atoms with van der Waals surface area (Å²) in [6.45, 7) is 5.88. The molecular weight excluding hydrogens is 450 g/mol. The number of rotatable bonds is 9. The van der Waals surface area contributed by atoms with E-state index in [1.54, 1.807) is 36.4 Å². The molecule has 5 heteroatoms. The maximum atomic E-state index is 12.9. The Morgan fingerprint density at radius 2 is 1.44 bits per heavy atom. The highest BCUT2D eigenvalue weighted by Gasteiger charge is 2.35. The second kappa shape index (κ2) is 11.3. The minimum atomic E-state index is -0.285. The van der Waals surface area contributed by atoms with E-state index in [0.29, 0.717) is 30.0 Å². The molecule has 2 aromatic carbocycles. The van der Waals surface area contributed by atoms with Gasteiger partial charge in [-0.05, 0) is 79.5 Å². The van der Waals surface area contributed by atoms with Gasteiger partial charge in [0.2, 0.25) is 0 Å². The molecule has 0 aromatic heterocycles. The fourth-order valence-electron chi connectivity index (χ4n) is 5.37. The molecule has 2 N–H and O–H groups in total. The van der Waals surface area contributed by atoms with Gasteiger partial charge in [0.15, 0.2) is 0 Å². The summed E-state index contributed by atoms with van der Waals surface area (Å²) in [6.07, 6.45) is 10.8. The number of amides is 2. The van der Waals surface area contributed by atoms with Crippen LogP contribution in [0.2, 0.25) is 0 Å². The topological polar surface area (TPSA) is 77.8 Å². The van der Waals surface area contributed by atoms with E-state index in [1.807, 2.05) is 31.2 Å². The number of aromatic hydroxyl groups is 2. The zero-order chi connectivity index (χ0) is 25.7. The molecular formula is C31H33NO4. The van der Waals surface area contributed by atoms with Gasteiger partial charge in [-0.25, -0.2) is 0 Å². The molecule has 2 aromatic rings. The Bertz CT molecular complexity index is 1180. The van der Waals surface area contributed by atoms with Crippen LogP contribution in [0.4, 0.5) is 0 Å². The smallest absolute Gasteiger partial charge is 0.261 e. The van der Waals surface area contributed by atoms with E-state index in [-0.39, 0.29) is 23.3 Å². The first-order valence-corrected chi connectivity index (χ1v) is 12.6. The first-order valence-electron chi connectivity index (χ1n) is 12.6. The monoisotopic (exact) mass is 483 g/mol. The van der Waals surface area contributed by atoms with Gasteiger partial charge < -0.3 is 10.2 Å². The third-order valence-electron chi connectivity index (χ3n) is 7.09. The van der Waals surface area contributed by atoms with Crippen LogP contribution in [0.15, 0.2) is 90.1 Å². The molecule has 0 saturated heterocycles. The average Bonchev–Trinajstić information content (AvgIpc) is 3.48. The number of hydrogen-bond donors (Lipinski definition) is 2. The summed E-state index contributed by atoms with van der Waals surface area (Å²) in [5.41, 5.74) is 5.16. The Hall–Kier alpha value is -3.86. The summed E-state index contributed by atoms with van der Waals surface area (Å²) in [5, 5.41) is 19.8. The van der Waals surface area contributed by atoms with E-state index in [2.05, 4.69) is 6.58 Å². The van der Waals surface area contributed by atoms with Crippen molar-refractivity contribution in [2.75, 3.05) is 6.54 Å². The predicted octanol–water partition coefficient (Wildman–Crippen LogP) is 6.30. The standard InChI is InChI=1S/C31H33NO4/c1-3-8-28-26(4-2)30(35)32(31(28)36)20-7-11-27(21-9-5-6-10-21)29(22-12-16-24(33)17-13-22)23-14-18-25(34)19-15-23/h3-4,8,12-19,21,33-34H,2,5-7,9-11,20H2,1H3/b8-3-. The zero-order valence-electron chi connectivity index (χ0n) is 20.7. The van der Waals surface area contributed by atoms with Crippen molar-refractivity contribution in [2.24, 2.45) is 5.92 Å². The van der Waals surface area contributed by atoms with Gasteiger partial charge in [0.1, 0.15) is 11.5 Å². The number of allylic oxidation sites excluding steroid dienone is 2. The molecule has 0 atom stereocenters. The van der Waals surface area contributed by atoms with Gasteiger partial charge in [-0.15, -0.1) is 0 Å². The SMILES string of the molecule is C=CC1=C(/C=C\C)C(=O)N(CCCC(=C(c2ccc(O)cc2)c2ccc(O)cc2)C2CCCC2)C1=O. The van der Waals surface area contributed by atoms with E-state index < -0.39 is 0 Å². The van der Waals surface area contributed by atoms with E-state index in [4.69, 9.17) is 0 Å². The van der Waals surface area contributed by atoms with Gasteiger partial charge >= 0.3 is 0 Å². The summed E-state index contributed by atoms with van der Waals surface area (Å²) in [4.78, 5) is 27.2. The molecule has 1 aliphatic heterocycles. The molecule has 5 nitrogen and oxygen atoms in total. The van der Waals surface area contributed by atoms with Crippen LogP contribution in [0.1, 0.15) is 56.6 Å². The van der Waals surface area contributed by atoms with Gasteiger partial charge in [-0.1, -0.05) is 67.5 Å². The van der Waals surface area contributed by atoms with Crippen molar-refractivity contribution in [2.45, 2.75) is 45.4 Å². The largest absolute Gasteiger partial charge is 0.508 e. The van der Waals surface area contributed by atoms with Crippen LogP contribution in [0.3, 0.4) is 0 Å². The molecule has 36 heavy (non-hydrogen) atoms. The third-order valence-corrected chi connectivity index (χ3v) is 7.09. The minimum absolute atomic E-state index is 0.208. The normalized spacial score (nSPS) is 16.4. The molecule has 1 fully saturated rings. The van der Waals surface area contributed by atoms with Gasteiger partial charge in [0, 0.05) is 6.54 Å². The maximum Gasteiger partial charge on any atom is 0.261 e. The van der Waals surface area contributed by atoms with Crippen molar-refractivity contribution in [3.8, 4) is 11.5 Å². The van der Waals surface area contributed by atoms with Crippen LogP contribution in [0.25, 0.3) is 5.57 Å². The Morgan fingerprint density at radius 1 is 0.917 bits per heavy atom. The van der Waals surface area contributed by atoms with Gasteiger partial charge in [-0.3, -0.25) is 14.5 Å². The van der Waals surface area contributed by atoms with Gasteiger partial charge in [0.25, 0.3) is 11.8 Å². The number of benzene rings is 2. The quantitative estimate of drug-likeness (QED) is 0.411. The van der Waals surface area contributed by atoms with Crippen molar-refractivity contribution in [1.29, 1.82) is 0 Å². The number of hydrogen-bond acceptors (Lipinski definition) is 4. The lowest BCUT2D eigenvalue weighted by molar-refractivity contribution is -0.137. The second-order valence-electron chi connectivity index (χ2n) is 9.37. The lowest BCUT2D eigenvalue weighted by atomic mass is 9.83. The van der Waals surface area contributed by atoms with Crippen LogP contribution >= 0.6 is 0 Å². The Kier molecular flexibility index (Phi) is 7.89. The number of phenolic OH excluding ortho intramolecular Hbond substituents is 2. The highest BCUT2D eigenvalue weighted by molar-refractivity contribution is 6.21. The van der Waals surface area contributed by atoms with Crippen LogP contribution in [0, 0.1) is 5.92 Å². The molecule has 2 aliphatic rings. The maximum absolute atomic E-state index is 12.9. The highest BCUT2D eigenvalue weighted by atomic mass is 16.3. The number of carbonyl (C=O) groups excluding carboxylic acids is 2. The molecule has 0 bridgehead atoms. The fraction of sp³-hybridized carbons (Fsp3) is 0.290. The summed E-state index contributed by atoms with van der Waals surface area (Å²) in [5.74, 6) is 0.274. The molecule has 1 aliphatic carbocycles. The highest BCUT2D eigenvalue weighted by Crippen LogP contribution is 2.41. The lowest BCUT2D eigenvalue weighted by Crippen LogP contribution is -2.32. The van der Waals surface area contributed by atoms with E-state index in [9.17, 15) is 19.8 Å². The molecule has 0 radical (unpaired) electrons. The number of phenols is 2. The Balaban J connectivity index is 1.67. The third kappa shape index (κ3) is 5.20. The van der Waals surface area contributed by atoms with Crippen molar-refractivity contribution in [3.63, 3.8) is 0 Å². The van der Waals surface area contributed by atoms with E-state index in [1.165, 1.54) is 29.4 Å². The number of nitrogens with zero attached hydrogens (tertiary/aromatic N) is 1. The first-order chi connectivity index (χ1) is 17.4. The minimum Gasteiger partial charge on any atom is -0.508 e. The predicted molar refractivity (Wildman–Crippen MR) is 142 cm³/mol. The Labute approximate surface area is 212 Å². The fourth-order valence-corrected chi connectivity index (χ4v) is 5.37. The number of carbonyl (C=O) groups is 2. The van der Waals surface area contributed by atoms with Crippen molar-refractivity contribution < 1.29 is 19.8 Å². The zero-order valence-corrected chi connectivity index (χ0v) is 20.7. The van der Waals surface area contributed by atoms with E-state index in [0.717, 1.165) is 36.0 Å². The molecule has 1 saturated carbocycles. The summed E-state index contributed by atoms with van der Waals surface area (Å²) in [6, 6.07) is 14.4. The number of imide groups is 1. The molecule has 0 unspecified atom stereocenters. The Morgan fingerprint density at radius 3 is 1.94 bits per heavy atom. The molecule has 0 spiro atoms. The summed E-state index contributed by atoms with van der Waals surface area (Å²) < 4.78 is 0. The molecule has 2 amide bonds. The van der Waals surface area contributed by atoms with Gasteiger partial charge in [-0.2, -0.15) is 0 Å². The van der Waals surface area contributed by atoms with Gasteiger partial charge in [0.05, 0.1) is 11.1 Å². The van der Waals surface area contributed by atoms with Crippen LogP contribution in [0.5, 0.6) is 11.5 Å². The second-order valence-corrected chi connectivity index (χ2v) is 9.37.